The molecule has 0 amide bonds. The lowest BCUT2D eigenvalue weighted by atomic mass is 9.74. The SMILES string of the molecule is CCCCCCCCCCCCCCCCCCCC1CC(C)(C)NC(C)(C)C1. The monoisotopic (exact) mass is 407 g/mol. The van der Waals surface area contributed by atoms with Crippen molar-refractivity contribution in [1.82, 2.24) is 5.32 Å². The van der Waals surface area contributed by atoms with E-state index in [0.29, 0.717) is 11.1 Å². The van der Waals surface area contributed by atoms with Gasteiger partial charge in [-0.05, 0) is 46.5 Å². The van der Waals surface area contributed by atoms with Crippen molar-refractivity contribution >= 4 is 0 Å². The molecule has 1 heterocycles. The highest BCUT2D eigenvalue weighted by Crippen LogP contribution is 2.35. The summed E-state index contributed by atoms with van der Waals surface area (Å²) in [5.41, 5.74) is 0.641. The third kappa shape index (κ3) is 15.4. The van der Waals surface area contributed by atoms with Crippen molar-refractivity contribution in [2.75, 3.05) is 0 Å². The normalized spacial score (nSPS) is 18.9. The molecule has 1 heteroatoms. The maximum absolute atomic E-state index is 3.82. The molecular formula is C28H57N. The van der Waals surface area contributed by atoms with Crippen molar-refractivity contribution < 1.29 is 0 Å². The number of unbranched alkanes of at least 4 members (excludes halogenated alkanes) is 16. The lowest BCUT2D eigenvalue weighted by Crippen LogP contribution is -2.57. The first-order valence-corrected chi connectivity index (χ1v) is 13.6. The zero-order valence-electron chi connectivity index (χ0n) is 21.2. The van der Waals surface area contributed by atoms with Crippen LogP contribution in [0.1, 0.15) is 163 Å². The van der Waals surface area contributed by atoms with Crippen molar-refractivity contribution in [1.29, 1.82) is 0 Å². The van der Waals surface area contributed by atoms with Crippen molar-refractivity contribution in [2.45, 2.75) is 174 Å². The van der Waals surface area contributed by atoms with Crippen LogP contribution < -0.4 is 5.32 Å². The predicted octanol–water partition coefficient (Wildman–Crippen LogP) is 9.58. The maximum Gasteiger partial charge on any atom is 0.0132 e. The van der Waals surface area contributed by atoms with Crippen molar-refractivity contribution in [3.05, 3.63) is 0 Å². The molecule has 0 radical (unpaired) electrons. The quantitative estimate of drug-likeness (QED) is 0.223. The summed E-state index contributed by atoms with van der Waals surface area (Å²) in [5, 5.41) is 3.82. The molecule has 174 valence electrons. The second-order valence-corrected chi connectivity index (χ2v) is 11.6. The van der Waals surface area contributed by atoms with E-state index in [1.165, 1.54) is 128 Å². The molecule has 1 N–H and O–H groups in total. The van der Waals surface area contributed by atoms with E-state index < -0.39 is 0 Å². The molecule has 0 aromatic carbocycles. The van der Waals surface area contributed by atoms with Crippen LogP contribution in [-0.4, -0.2) is 11.1 Å². The predicted molar refractivity (Wildman–Crippen MR) is 133 cm³/mol. The standard InChI is InChI=1S/C28H57N/c1-6-7-8-9-10-11-12-13-14-15-16-17-18-19-20-21-22-23-26-24-27(2,3)29-28(4,5)25-26/h26,29H,6-25H2,1-5H3. The van der Waals surface area contributed by atoms with E-state index in [-0.39, 0.29) is 0 Å². The number of nitrogens with one attached hydrogen (secondary N) is 1. The molecule has 0 aromatic heterocycles. The Morgan fingerprint density at radius 3 is 1.17 bits per heavy atom. The van der Waals surface area contributed by atoms with Crippen molar-refractivity contribution in [3.63, 3.8) is 0 Å². The van der Waals surface area contributed by atoms with Crippen LogP contribution in [0.4, 0.5) is 0 Å². The Morgan fingerprint density at radius 2 is 0.828 bits per heavy atom. The second-order valence-electron chi connectivity index (χ2n) is 11.6. The number of hydrogen-bond donors (Lipinski definition) is 1. The Bertz CT molecular complexity index is 355. The minimum atomic E-state index is 0.320. The summed E-state index contributed by atoms with van der Waals surface area (Å²) in [6, 6.07) is 0. The molecule has 29 heavy (non-hydrogen) atoms. The largest absolute Gasteiger partial charge is 0.307 e. The van der Waals surface area contributed by atoms with Gasteiger partial charge in [0, 0.05) is 11.1 Å². The Labute approximate surface area is 185 Å². The van der Waals surface area contributed by atoms with E-state index in [4.69, 9.17) is 0 Å². The van der Waals surface area contributed by atoms with Gasteiger partial charge in [0.1, 0.15) is 0 Å². The van der Waals surface area contributed by atoms with Crippen LogP contribution in [-0.2, 0) is 0 Å². The molecule has 0 saturated carbocycles. The van der Waals surface area contributed by atoms with Crippen LogP contribution in [0, 0.1) is 5.92 Å². The topological polar surface area (TPSA) is 12.0 Å². The van der Waals surface area contributed by atoms with Crippen LogP contribution >= 0.6 is 0 Å². The molecule has 1 aliphatic heterocycles. The summed E-state index contributed by atoms with van der Waals surface area (Å²) in [4.78, 5) is 0. The van der Waals surface area contributed by atoms with E-state index in [9.17, 15) is 0 Å². The first kappa shape index (κ1) is 27.0. The fourth-order valence-corrected chi connectivity index (χ4v) is 5.90. The molecule has 0 aromatic rings. The van der Waals surface area contributed by atoms with Crippen molar-refractivity contribution in [3.8, 4) is 0 Å². The van der Waals surface area contributed by atoms with Gasteiger partial charge in [-0.1, -0.05) is 122 Å². The van der Waals surface area contributed by atoms with Crippen LogP contribution in [0.5, 0.6) is 0 Å². The summed E-state index contributed by atoms with van der Waals surface area (Å²) < 4.78 is 0. The van der Waals surface area contributed by atoms with Gasteiger partial charge >= 0.3 is 0 Å². The third-order valence-electron chi connectivity index (χ3n) is 6.99. The summed E-state index contributed by atoms with van der Waals surface area (Å²) in [7, 11) is 0. The minimum Gasteiger partial charge on any atom is -0.307 e. The van der Waals surface area contributed by atoms with E-state index in [2.05, 4.69) is 39.9 Å². The maximum atomic E-state index is 3.82. The first-order valence-electron chi connectivity index (χ1n) is 13.6. The lowest BCUT2D eigenvalue weighted by Gasteiger charge is -2.46. The van der Waals surface area contributed by atoms with Crippen LogP contribution in [0.3, 0.4) is 0 Å². The zero-order chi connectivity index (χ0) is 21.4. The van der Waals surface area contributed by atoms with Gasteiger partial charge < -0.3 is 5.32 Å². The molecule has 0 unspecified atom stereocenters. The molecule has 1 rings (SSSR count). The highest BCUT2D eigenvalue weighted by Gasteiger charge is 2.36. The smallest absolute Gasteiger partial charge is 0.0132 e. The van der Waals surface area contributed by atoms with Crippen LogP contribution in [0.25, 0.3) is 0 Å². The minimum absolute atomic E-state index is 0.320. The summed E-state index contributed by atoms with van der Waals surface area (Å²) in [6.07, 6.45) is 29.1. The van der Waals surface area contributed by atoms with Crippen molar-refractivity contribution in [2.24, 2.45) is 5.92 Å². The van der Waals surface area contributed by atoms with E-state index >= 15 is 0 Å². The van der Waals surface area contributed by atoms with Gasteiger partial charge in [0.25, 0.3) is 0 Å². The van der Waals surface area contributed by atoms with E-state index in [1.54, 1.807) is 0 Å². The number of rotatable bonds is 18. The Balaban J connectivity index is 1.81. The molecule has 0 spiro atoms. The van der Waals surface area contributed by atoms with E-state index in [0.717, 1.165) is 5.92 Å². The molecule has 0 aliphatic carbocycles. The van der Waals surface area contributed by atoms with E-state index in [1.807, 2.05) is 0 Å². The van der Waals surface area contributed by atoms with Gasteiger partial charge in [-0.15, -0.1) is 0 Å². The third-order valence-corrected chi connectivity index (χ3v) is 6.99. The average Bonchev–Trinajstić information content (AvgIpc) is 2.61. The summed E-state index contributed by atoms with van der Waals surface area (Å²) in [5.74, 6) is 0.928. The zero-order valence-corrected chi connectivity index (χ0v) is 21.2. The molecular weight excluding hydrogens is 350 g/mol. The molecule has 1 nitrogen and oxygen atoms in total. The molecule has 0 bridgehead atoms. The molecule has 0 atom stereocenters. The van der Waals surface area contributed by atoms with Gasteiger partial charge in [0.05, 0.1) is 0 Å². The fourth-order valence-electron chi connectivity index (χ4n) is 5.90. The van der Waals surface area contributed by atoms with Gasteiger partial charge in [-0.2, -0.15) is 0 Å². The first-order chi connectivity index (χ1) is 13.8. The lowest BCUT2D eigenvalue weighted by molar-refractivity contribution is 0.122. The van der Waals surface area contributed by atoms with Gasteiger partial charge in [-0.3, -0.25) is 0 Å². The van der Waals surface area contributed by atoms with Crippen LogP contribution in [0.15, 0.2) is 0 Å². The fraction of sp³-hybridized carbons (Fsp3) is 1.00. The highest BCUT2D eigenvalue weighted by molar-refractivity contribution is 4.96. The Kier molecular flexibility index (Phi) is 14.6. The van der Waals surface area contributed by atoms with Gasteiger partial charge in [0.15, 0.2) is 0 Å². The molecule has 1 saturated heterocycles. The highest BCUT2D eigenvalue weighted by atomic mass is 15.0. The van der Waals surface area contributed by atoms with Gasteiger partial charge in [0.2, 0.25) is 0 Å². The molecule has 1 aliphatic rings. The Hall–Kier alpha value is -0.0400. The van der Waals surface area contributed by atoms with Crippen LogP contribution in [0.2, 0.25) is 0 Å². The van der Waals surface area contributed by atoms with Gasteiger partial charge in [-0.25, -0.2) is 0 Å². The number of piperidine rings is 1. The Morgan fingerprint density at radius 1 is 0.517 bits per heavy atom. The summed E-state index contributed by atoms with van der Waals surface area (Å²) >= 11 is 0. The molecule has 1 fully saturated rings. The second kappa shape index (κ2) is 15.7. The number of hydrogen-bond acceptors (Lipinski definition) is 1. The summed E-state index contributed by atoms with van der Waals surface area (Å²) in [6.45, 7) is 11.8. The average molecular weight is 408 g/mol.